The van der Waals surface area contributed by atoms with E-state index in [1.165, 1.54) is 0 Å². The summed E-state index contributed by atoms with van der Waals surface area (Å²) in [6, 6.07) is 18.7. The SMILES string of the molecule is O=C(O)CC(Cc1ccc(-c2cccc(Cl)c2)cc1)NC(=O)CCc1cccnc1. The Labute approximate surface area is 180 Å². The van der Waals surface area contributed by atoms with Crippen LogP contribution in [0.25, 0.3) is 11.1 Å². The molecule has 3 rings (SSSR count). The van der Waals surface area contributed by atoms with Crippen molar-refractivity contribution in [2.75, 3.05) is 0 Å². The summed E-state index contributed by atoms with van der Waals surface area (Å²) in [5, 5.41) is 12.8. The third kappa shape index (κ3) is 6.71. The first-order valence-corrected chi connectivity index (χ1v) is 10.1. The van der Waals surface area contributed by atoms with Crippen molar-refractivity contribution in [3.63, 3.8) is 0 Å². The molecule has 30 heavy (non-hydrogen) atoms. The molecule has 1 amide bonds. The van der Waals surface area contributed by atoms with Crippen LogP contribution < -0.4 is 5.32 Å². The molecule has 1 aromatic heterocycles. The number of nitrogens with zero attached hydrogens (tertiary/aromatic N) is 1. The Hall–Kier alpha value is -3.18. The van der Waals surface area contributed by atoms with Crippen LogP contribution in [0.2, 0.25) is 5.02 Å². The highest BCUT2D eigenvalue weighted by atomic mass is 35.5. The van der Waals surface area contributed by atoms with E-state index in [-0.39, 0.29) is 18.7 Å². The van der Waals surface area contributed by atoms with Crippen LogP contribution in [0.5, 0.6) is 0 Å². The zero-order valence-electron chi connectivity index (χ0n) is 16.4. The van der Waals surface area contributed by atoms with E-state index in [0.29, 0.717) is 17.9 Å². The summed E-state index contributed by atoms with van der Waals surface area (Å²) in [6.45, 7) is 0. The summed E-state index contributed by atoms with van der Waals surface area (Å²) in [5.41, 5.74) is 3.97. The molecule has 1 heterocycles. The molecule has 154 valence electrons. The van der Waals surface area contributed by atoms with Crippen LogP contribution in [0.4, 0.5) is 0 Å². The highest BCUT2D eigenvalue weighted by Crippen LogP contribution is 2.23. The number of halogens is 1. The van der Waals surface area contributed by atoms with Gasteiger partial charge in [-0.3, -0.25) is 14.6 Å². The maximum atomic E-state index is 12.3. The second kappa shape index (κ2) is 10.6. The maximum Gasteiger partial charge on any atom is 0.305 e. The number of carbonyl (C=O) groups excluding carboxylic acids is 1. The summed E-state index contributed by atoms with van der Waals surface area (Å²) in [7, 11) is 0. The van der Waals surface area contributed by atoms with Crippen LogP contribution >= 0.6 is 11.6 Å². The van der Waals surface area contributed by atoms with Gasteiger partial charge in [-0.05, 0) is 53.3 Å². The lowest BCUT2D eigenvalue weighted by Crippen LogP contribution is -2.38. The molecule has 0 aliphatic carbocycles. The lowest BCUT2D eigenvalue weighted by Gasteiger charge is -2.17. The minimum Gasteiger partial charge on any atom is -0.481 e. The van der Waals surface area contributed by atoms with E-state index in [9.17, 15) is 14.7 Å². The van der Waals surface area contributed by atoms with Crippen LogP contribution in [0.3, 0.4) is 0 Å². The third-order valence-electron chi connectivity index (χ3n) is 4.74. The van der Waals surface area contributed by atoms with Crippen LogP contribution in [-0.4, -0.2) is 28.0 Å². The molecule has 1 unspecified atom stereocenters. The number of hydrogen-bond acceptors (Lipinski definition) is 3. The van der Waals surface area contributed by atoms with Crippen LogP contribution in [-0.2, 0) is 22.4 Å². The maximum absolute atomic E-state index is 12.3. The largest absolute Gasteiger partial charge is 0.481 e. The van der Waals surface area contributed by atoms with Crippen molar-refractivity contribution in [3.05, 3.63) is 89.2 Å². The fourth-order valence-electron chi connectivity index (χ4n) is 3.27. The van der Waals surface area contributed by atoms with E-state index in [2.05, 4.69) is 10.3 Å². The first-order chi connectivity index (χ1) is 14.5. The Kier molecular flexibility index (Phi) is 7.57. The van der Waals surface area contributed by atoms with Gasteiger partial charge < -0.3 is 10.4 Å². The fraction of sp³-hybridized carbons (Fsp3) is 0.208. The van der Waals surface area contributed by atoms with Gasteiger partial charge in [0.05, 0.1) is 6.42 Å². The second-order valence-corrected chi connectivity index (χ2v) is 7.57. The van der Waals surface area contributed by atoms with E-state index in [1.54, 1.807) is 12.4 Å². The standard InChI is InChI=1S/C24H23ClN2O3/c25-21-5-1-4-20(14-21)19-9-6-17(7-10-19)13-22(15-24(29)30)27-23(28)11-8-18-3-2-12-26-16-18/h1-7,9-10,12,14,16,22H,8,11,13,15H2,(H,27,28)(H,29,30). The molecule has 5 nitrogen and oxygen atoms in total. The normalized spacial score (nSPS) is 11.6. The van der Waals surface area contributed by atoms with Crippen molar-refractivity contribution < 1.29 is 14.7 Å². The van der Waals surface area contributed by atoms with Gasteiger partial charge in [-0.1, -0.05) is 54.1 Å². The number of pyridine rings is 1. The Morgan fingerprint density at radius 1 is 1.00 bits per heavy atom. The Morgan fingerprint density at radius 2 is 1.80 bits per heavy atom. The molecule has 6 heteroatoms. The van der Waals surface area contributed by atoms with E-state index in [0.717, 1.165) is 22.3 Å². The molecule has 2 N–H and O–H groups in total. The predicted octanol–water partition coefficient (Wildman–Crippen LogP) is 4.54. The van der Waals surface area contributed by atoms with Gasteiger partial charge in [-0.15, -0.1) is 0 Å². The molecule has 3 aromatic rings. The number of aliphatic carboxylic acids is 1. The minimum atomic E-state index is -0.942. The summed E-state index contributed by atoms with van der Waals surface area (Å²) in [6.07, 6.45) is 4.58. The highest BCUT2D eigenvalue weighted by molar-refractivity contribution is 6.30. The molecule has 0 spiro atoms. The van der Waals surface area contributed by atoms with Crippen LogP contribution in [0, 0.1) is 0 Å². The molecule has 0 saturated carbocycles. The number of nitrogens with one attached hydrogen (secondary N) is 1. The minimum absolute atomic E-state index is 0.130. The molecule has 0 aliphatic heterocycles. The average Bonchev–Trinajstić information content (AvgIpc) is 2.73. The zero-order chi connectivity index (χ0) is 21.3. The fourth-order valence-corrected chi connectivity index (χ4v) is 3.46. The van der Waals surface area contributed by atoms with Crippen molar-refractivity contribution in [2.24, 2.45) is 0 Å². The molecule has 0 aliphatic rings. The molecule has 0 fully saturated rings. The van der Waals surface area contributed by atoms with Crippen molar-refractivity contribution in [1.82, 2.24) is 10.3 Å². The summed E-state index contributed by atoms with van der Waals surface area (Å²) >= 11 is 6.06. The quantitative estimate of drug-likeness (QED) is 0.530. The van der Waals surface area contributed by atoms with Gasteiger partial charge in [0.2, 0.25) is 5.91 Å². The monoisotopic (exact) mass is 422 g/mol. The highest BCUT2D eigenvalue weighted by Gasteiger charge is 2.17. The average molecular weight is 423 g/mol. The zero-order valence-corrected chi connectivity index (χ0v) is 17.2. The van der Waals surface area contributed by atoms with E-state index >= 15 is 0 Å². The van der Waals surface area contributed by atoms with Gasteiger partial charge in [-0.2, -0.15) is 0 Å². The first-order valence-electron chi connectivity index (χ1n) is 9.74. The Morgan fingerprint density at radius 3 is 2.47 bits per heavy atom. The summed E-state index contributed by atoms with van der Waals surface area (Å²) in [5.74, 6) is -1.11. The second-order valence-electron chi connectivity index (χ2n) is 7.13. The van der Waals surface area contributed by atoms with Gasteiger partial charge in [0.25, 0.3) is 0 Å². The first kappa shape index (κ1) is 21.5. The van der Waals surface area contributed by atoms with Gasteiger partial charge in [-0.25, -0.2) is 0 Å². The van der Waals surface area contributed by atoms with Crippen molar-refractivity contribution in [3.8, 4) is 11.1 Å². The number of aromatic nitrogens is 1. The van der Waals surface area contributed by atoms with Gasteiger partial charge in [0.15, 0.2) is 0 Å². The van der Waals surface area contributed by atoms with Crippen LogP contribution in [0.1, 0.15) is 24.0 Å². The molecule has 0 radical (unpaired) electrons. The Balaban J connectivity index is 1.61. The van der Waals surface area contributed by atoms with E-state index < -0.39 is 12.0 Å². The third-order valence-corrected chi connectivity index (χ3v) is 4.98. The van der Waals surface area contributed by atoms with Crippen molar-refractivity contribution in [1.29, 1.82) is 0 Å². The number of amides is 1. The predicted molar refractivity (Wildman–Crippen MR) is 117 cm³/mol. The van der Waals surface area contributed by atoms with Crippen molar-refractivity contribution in [2.45, 2.75) is 31.7 Å². The molecular weight excluding hydrogens is 400 g/mol. The number of benzene rings is 2. The van der Waals surface area contributed by atoms with Crippen molar-refractivity contribution >= 4 is 23.5 Å². The number of rotatable bonds is 9. The molecular formula is C24H23ClN2O3. The van der Waals surface area contributed by atoms with E-state index in [1.807, 2.05) is 60.7 Å². The summed E-state index contributed by atoms with van der Waals surface area (Å²) in [4.78, 5) is 27.6. The number of hydrogen-bond donors (Lipinski definition) is 2. The molecule has 2 aromatic carbocycles. The molecule has 1 atom stereocenters. The lowest BCUT2D eigenvalue weighted by molar-refractivity contribution is -0.137. The van der Waals surface area contributed by atoms with Gasteiger partial charge in [0, 0.05) is 29.9 Å². The number of aryl methyl sites for hydroxylation is 1. The van der Waals surface area contributed by atoms with Gasteiger partial charge >= 0.3 is 5.97 Å². The topological polar surface area (TPSA) is 79.3 Å². The smallest absolute Gasteiger partial charge is 0.305 e. The number of carbonyl (C=O) groups is 2. The molecule has 0 bridgehead atoms. The lowest BCUT2D eigenvalue weighted by atomic mass is 9.99. The number of carboxylic acid groups (broad SMARTS) is 1. The van der Waals surface area contributed by atoms with Gasteiger partial charge in [0.1, 0.15) is 0 Å². The molecule has 0 saturated heterocycles. The Bertz CT molecular complexity index is 991. The number of carboxylic acids is 1. The van der Waals surface area contributed by atoms with Crippen LogP contribution in [0.15, 0.2) is 73.1 Å². The summed E-state index contributed by atoms with van der Waals surface area (Å²) < 4.78 is 0. The van der Waals surface area contributed by atoms with E-state index in [4.69, 9.17) is 11.6 Å².